The van der Waals surface area contributed by atoms with Gasteiger partial charge in [-0.2, -0.15) is 0 Å². The molecule has 2 aromatic rings. The monoisotopic (exact) mass is 320 g/mol. The van der Waals surface area contributed by atoms with Gasteiger partial charge in [0.2, 0.25) is 0 Å². The molecule has 0 fully saturated rings. The van der Waals surface area contributed by atoms with Crippen LogP contribution in [0.1, 0.15) is 5.56 Å². The van der Waals surface area contributed by atoms with Crippen LogP contribution >= 0.6 is 15.9 Å². The Hall–Kier alpha value is -2.21. The molecule has 1 aromatic heterocycles. The van der Waals surface area contributed by atoms with E-state index in [-0.39, 0.29) is 11.2 Å². The van der Waals surface area contributed by atoms with E-state index in [1.165, 1.54) is 28.8 Å². The van der Waals surface area contributed by atoms with Crippen molar-refractivity contribution in [2.75, 3.05) is 0 Å². The average molecular weight is 321 g/mol. The zero-order chi connectivity index (χ0) is 14.0. The van der Waals surface area contributed by atoms with Gasteiger partial charge in [-0.15, -0.1) is 0 Å². The molecule has 0 atom stereocenters. The fraction of sp³-hybridized carbons (Fsp3) is 0. The summed E-state index contributed by atoms with van der Waals surface area (Å²) in [6.45, 7) is 3.62. The third-order valence-electron chi connectivity index (χ3n) is 2.60. The highest BCUT2D eigenvalue weighted by Gasteiger charge is 2.11. The molecule has 2 rings (SSSR count). The van der Waals surface area contributed by atoms with Gasteiger partial charge in [0, 0.05) is 23.9 Å². The number of non-ortho nitro benzene ring substituents is 1. The van der Waals surface area contributed by atoms with E-state index in [0.29, 0.717) is 15.7 Å². The molecule has 0 saturated heterocycles. The number of nitrogens with zero attached hydrogens (tertiary/aromatic N) is 2. The largest absolute Gasteiger partial charge is 0.283 e. The molecular formula is C13H9BrN2O3. The Bertz CT molecular complexity index is 722. The number of pyridine rings is 1. The SMILES string of the molecule is C=Cc1cc([N+](=O)[O-])ccc1-n1cccc(Br)c1=O. The number of rotatable bonds is 3. The summed E-state index contributed by atoms with van der Waals surface area (Å²) >= 11 is 3.16. The minimum atomic E-state index is -0.486. The minimum absolute atomic E-state index is 0.0401. The number of nitro groups is 1. The van der Waals surface area contributed by atoms with Crippen molar-refractivity contribution in [1.82, 2.24) is 4.57 Å². The summed E-state index contributed by atoms with van der Waals surface area (Å²) in [6, 6.07) is 7.62. The molecule has 6 heteroatoms. The van der Waals surface area contributed by atoms with E-state index < -0.39 is 4.92 Å². The molecule has 0 bridgehead atoms. The predicted octanol–water partition coefficient (Wildman–Crippen LogP) is 3.15. The van der Waals surface area contributed by atoms with Crippen LogP contribution in [-0.4, -0.2) is 9.49 Å². The lowest BCUT2D eigenvalue weighted by Crippen LogP contribution is -2.18. The lowest BCUT2D eigenvalue weighted by atomic mass is 10.1. The van der Waals surface area contributed by atoms with E-state index in [1.807, 2.05) is 0 Å². The molecule has 5 nitrogen and oxygen atoms in total. The highest BCUT2D eigenvalue weighted by molar-refractivity contribution is 9.10. The number of aromatic nitrogens is 1. The third kappa shape index (κ3) is 2.48. The van der Waals surface area contributed by atoms with Crippen molar-refractivity contribution >= 4 is 27.7 Å². The molecule has 96 valence electrons. The van der Waals surface area contributed by atoms with E-state index in [0.717, 1.165) is 0 Å². The number of halogens is 1. The summed E-state index contributed by atoms with van der Waals surface area (Å²) in [5, 5.41) is 10.7. The predicted molar refractivity (Wildman–Crippen MR) is 76.5 cm³/mol. The van der Waals surface area contributed by atoms with Crippen molar-refractivity contribution in [2.24, 2.45) is 0 Å². The summed E-state index contributed by atoms with van der Waals surface area (Å²) in [4.78, 5) is 22.3. The topological polar surface area (TPSA) is 65.1 Å². The Kier molecular flexibility index (Phi) is 3.62. The van der Waals surface area contributed by atoms with E-state index in [2.05, 4.69) is 22.5 Å². The average Bonchev–Trinajstić information content (AvgIpc) is 2.41. The highest BCUT2D eigenvalue weighted by Crippen LogP contribution is 2.21. The fourth-order valence-corrected chi connectivity index (χ4v) is 2.04. The number of hydrogen-bond acceptors (Lipinski definition) is 3. The van der Waals surface area contributed by atoms with Crippen LogP contribution in [0.4, 0.5) is 5.69 Å². The second-order valence-electron chi connectivity index (χ2n) is 3.74. The molecule has 0 spiro atoms. The zero-order valence-electron chi connectivity index (χ0n) is 9.75. The van der Waals surface area contributed by atoms with Crippen LogP contribution in [-0.2, 0) is 0 Å². The minimum Gasteiger partial charge on any atom is -0.283 e. The summed E-state index contributed by atoms with van der Waals surface area (Å²) < 4.78 is 1.83. The van der Waals surface area contributed by atoms with Gasteiger partial charge >= 0.3 is 0 Å². The third-order valence-corrected chi connectivity index (χ3v) is 3.21. The molecule has 0 aliphatic heterocycles. The van der Waals surface area contributed by atoms with Crippen molar-refractivity contribution in [3.8, 4) is 5.69 Å². The second-order valence-corrected chi connectivity index (χ2v) is 4.59. The number of hydrogen-bond donors (Lipinski definition) is 0. The standard InChI is InChI=1S/C13H9BrN2O3/c1-2-9-8-10(16(18)19)5-6-12(9)15-7-3-4-11(14)13(15)17/h2-8H,1H2. The molecule has 0 saturated carbocycles. The molecule has 0 aliphatic rings. The normalized spacial score (nSPS) is 10.2. The molecule has 0 radical (unpaired) electrons. The van der Waals surface area contributed by atoms with Gasteiger partial charge in [0.05, 0.1) is 15.1 Å². The molecule has 1 heterocycles. The van der Waals surface area contributed by atoms with Crippen LogP contribution < -0.4 is 5.56 Å². The lowest BCUT2D eigenvalue weighted by molar-refractivity contribution is -0.384. The first-order valence-electron chi connectivity index (χ1n) is 5.33. The van der Waals surface area contributed by atoms with E-state index >= 15 is 0 Å². The van der Waals surface area contributed by atoms with Gasteiger partial charge in [-0.25, -0.2) is 0 Å². The zero-order valence-corrected chi connectivity index (χ0v) is 11.3. The molecule has 1 aromatic carbocycles. The van der Waals surface area contributed by atoms with Crippen LogP contribution in [0.3, 0.4) is 0 Å². The molecule has 19 heavy (non-hydrogen) atoms. The first-order valence-corrected chi connectivity index (χ1v) is 6.12. The Morgan fingerprint density at radius 3 is 2.74 bits per heavy atom. The quantitative estimate of drug-likeness (QED) is 0.644. The van der Waals surface area contributed by atoms with Crippen molar-refractivity contribution < 1.29 is 4.92 Å². The second kappa shape index (κ2) is 5.19. The van der Waals surface area contributed by atoms with Crippen LogP contribution in [0.15, 0.2) is 52.4 Å². The Morgan fingerprint density at radius 1 is 1.37 bits per heavy atom. The van der Waals surface area contributed by atoms with Gasteiger partial charge in [-0.05, 0) is 34.1 Å². The number of benzene rings is 1. The number of nitro benzene ring substituents is 1. The van der Waals surface area contributed by atoms with Gasteiger partial charge in [-0.3, -0.25) is 19.5 Å². The molecule has 0 aliphatic carbocycles. The summed E-state index contributed by atoms with van der Waals surface area (Å²) in [6.07, 6.45) is 3.08. The van der Waals surface area contributed by atoms with Crippen molar-refractivity contribution in [2.45, 2.75) is 0 Å². The van der Waals surface area contributed by atoms with Gasteiger partial charge in [0.1, 0.15) is 0 Å². The van der Waals surface area contributed by atoms with Crippen LogP contribution in [0.25, 0.3) is 11.8 Å². The highest BCUT2D eigenvalue weighted by atomic mass is 79.9. The van der Waals surface area contributed by atoms with Gasteiger partial charge < -0.3 is 0 Å². The van der Waals surface area contributed by atoms with Crippen LogP contribution in [0, 0.1) is 10.1 Å². The Labute approximate surface area is 117 Å². The van der Waals surface area contributed by atoms with Crippen molar-refractivity contribution in [3.63, 3.8) is 0 Å². The molecule has 0 unspecified atom stereocenters. The maximum absolute atomic E-state index is 12.0. The van der Waals surface area contributed by atoms with Crippen molar-refractivity contribution in [1.29, 1.82) is 0 Å². The summed E-state index contributed by atoms with van der Waals surface area (Å²) in [7, 11) is 0. The first-order chi connectivity index (χ1) is 9.04. The summed E-state index contributed by atoms with van der Waals surface area (Å²) in [5.74, 6) is 0. The van der Waals surface area contributed by atoms with Crippen LogP contribution in [0.5, 0.6) is 0 Å². The van der Waals surface area contributed by atoms with Crippen LogP contribution in [0.2, 0.25) is 0 Å². The van der Waals surface area contributed by atoms with E-state index in [4.69, 9.17) is 0 Å². The van der Waals surface area contributed by atoms with Gasteiger partial charge in [-0.1, -0.05) is 12.7 Å². The van der Waals surface area contributed by atoms with Gasteiger partial charge in [0.15, 0.2) is 0 Å². The molecule has 0 N–H and O–H groups in total. The smallest absolute Gasteiger partial charge is 0.270 e. The maximum Gasteiger partial charge on any atom is 0.270 e. The Morgan fingerprint density at radius 2 is 2.11 bits per heavy atom. The van der Waals surface area contributed by atoms with Crippen molar-refractivity contribution in [3.05, 3.63) is 73.6 Å². The maximum atomic E-state index is 12.0. The van der Waals surface area contributed by atoms with Gasteiger partial charge in [0.25, 0.3) is 11.2 Å². The Balaban J connectivity index is 2.69. The fourth-order valence-electron chi connectivity index (χ4n) is 1.70. The van der Waals surface area contributed by atoms with E-state index in [1.54, 1.807) is 18.3 Å². The summed E-state index contributed by atoms with van der Waals surface area (Å²) in [5.41, 5.74) is 0.794. The molecular weight excluding hydrogens is 312 g/mol. The first kappa shape index (κ1) is 13.2. The molecule has 0 amide bonds. The van der Waals surface area contributed by atoms with E-state index in [9.17, 15) is 14.9 Å². The lowest BCUT2D eigenvalue weighted by Gasteiger charge is -2.09.